The number of amides is 3. The van der Waals surface area contributed by atoms with Crippen LogP contribution in [0.3, 0.4) is 0 Å². The number of alkyl carbamates (subject to hydrolysis) is 1. The van der Waals surface area contributed by atoms with Gasteiger partial charge >= 0.3 is 6.09 Å². The summed E-state index contributed by atoms with van der Waals surface area (Å²) >= 11 is 0. The quantitative estimate of drug-likeness (QED) is 0.427. The van der Waals surface area contributed by atoms with Crippen molar-refractivity contribution in [2.75, 3.05) is 13.2 Å². The summed E-state index contributed by atoms with van der Waals surface area (Å²) in [7, 11) is 0. The van der Waals surface area contributed by atoms with Gasteiger partial charge in [-0.2, -0.15) is 0 Å². The lowest BCUT2D eigenvalue weighted by Crippen LogP contribution is -2.52. The maximum Gasteiger partial charge on any atom is 0.408 e. The van der Waals surface area contributed by atoms with Crippen LogP contribution in [-0.4, -0.2) is 57.7 Å². The van der Waals surface area contributed by atoms with Crippen molar-refractivity contribution in [2.24, 2.45) is 0 Å². The second-order valence-electron chi connectivity index (χ2n) is 10.2. The maximum atomic E-state index is 13.6. The molecule has 0 saturated carbocycles. The first-order valence-corrected chi connectivity index (χ1v) is 12.7. The van der Waals surface area contributed by atoms with Gasteiger partial charge in [-0.15, -0.1) is 0 Å². The Balaban J connectivity index is 1.43. The third kappa shape index (κ3) is 7.87. The van der Waals surface area contributed by atoms with Gasteiger partial charge in [0.25, 0.3) is 5.91 Å². The fourth-order valence-corrected chi connectivity index (χ4v) is 4.06. The van der Waals surface area contributed by atoms with Crippen LogP contribution < -0.4 is 10.6 Å². The van der Waals surface area contributed by atoms with E-state index in [0.717, 1.165) is 11.1 Å². The van der Waals surface area contributed by atoms with Gasteiger partial charge in [0.05, 0.1) is 19.8 Å². The molecule has 3 heterocycles. The first-order chi connectivity index (χ1) is 18.7. The molecule has 3 amide bonds. The molecule has 11 nitrogen and oxygen atoms in total. The summed E-state index contributed by atoms with van der Waals surface area (Å²) in [4.78, 5) is 44.6. The van der Waals surface area contributed by atoms with Gasteiger partial charge in [-0.1, -0.05) is 41.6 Å². The Hall–Kier alpha value is -4.25. The van der Waals surface area contributed by atoms with E-state index in [-0.39, 0.29) is 37.9 Å². The highest BCUT2D eigenvalue weighted by molar-refractivity contribution is 5.94. The zero-order chi connectivity index (χ0) is 27.8. The summed E-state index contributed by atoms with van der Waals surface area (Å²) in [5.74, 6) is -0.210. The van der Waals surface area contributed by atoms with Crippen LogP contribution in [0.25, 0.3) is 0 Å². The number of fused-ring (bicyclic) bond motifs is 1. The van der Waals surface area contributed by atoms with Crippen LogP contribution in [0.5, 0.6) is 0 Å². The average Bonchev–Trinajstić information content (AvgIpc) is 3.34. The number of benzene rings is 1. The fourth-order valence-electron chi connectivity index (χ4n) is 4.06. The van der Waals surface area contributed by atoms with E-state index in [0.29, 0.717) is 24.3 Å². The molecule has 1 unspecified atom stereocenters. The lowest BCUT2D eigenvalue weighted by molar-refractivity contribution is -0.136. The summed E-state index contributed by atoms with van der Waals surface area (Å²) < 4.78 is 16.6. The summed E-state index contributed by atoms with van der Waals surface area (Å²) in [5.41, 5.74) is 1.72. The second kappa shape index (κ2) is 12.5. The number of hydrogen-bond acceptors (Lipinski definition) is 8. The van der Waals surface area contributed by atoms with E-state index < -0.39 is 23.6 Å². The average molecular weight is 536 g/mol. The molecular weight excluding hydrogens is 502 g/mol. The van der Waals surface area contributed by atoms with Crippen LogP contribution in [0.2, 0.25) is 0 Å². The molecule has 1 aromatic carbocycles. The normalized spacial score (nSPS) is 13.8. The van der Waals surface area contributed by atoms with Gasteiger partial charge in [-0.05, 0) is 38.0 Å². The zero-order valence-electron chi connectivity index (χ0n) is 22.3. The van der Waals surface area contributed by atoms with Crippen molar-refractivity contribution in [3.8, 4) is 0 Å². The number of hydrogen-bond donors (Lipinski definition) is 2. The molecular formula is C28H33N5O6. The van der Waals surface area contributed by atoms with Crippen molar-refractivity contribution in [3.63, 3.8) is 0 Å². The van der Waals surface area contributed by atoms with E-state index >= 15 is 0 Å². The number of carbonyl (C=O) groups is 3. The van der Waals surface area contributed by atoms with Gasteiger partial charge in [0, 0.05) is 37.5 Å². The van der Waals surface area contributed by atoms with Crippen LogP contribution >= 0.6 is 0 Å². The van der Waals surface area contributed by atoms with Gasteiger partial charge in [0.15, 0.2) is 5.69 Å². The highest BCUT2D eigenvalue weighted by Gasteiger charge is 2.34. The summed E-state index contributed by atoms with van der Waals surface area (Å²) in [6, 6.07) is 12.2. The molecule has 0 bridgehead atoms. The van der Waals surface area contributed by atoms with Gasteiger partial charge in [0.2, 0.25) is 5.91 Å². The molecule has 2 N–H and O–H groups in total. The molecule has 3 aromatic rings. The van der Waals surface area contributed by atoms with E-state index in [1.165, 1.54) is 0 Å². The van der Waals surface area contributed by atoms with Crippen molar-refractivity contribution in [1.82, 2.24) is 25.7 Å². The number of aromatic nitrogens is 2. The topological polar surface area (TPSA) is 136 Å². The Bertz CT molecular complexity index is 1270. The third-order valence-electron chi connectivity index (χ3n) is 5.92. The van der Waals surface area contributed by atoms with E-state index in [1.807, 2.05) is 36.4 Å². The summed E-state index contributed by atoms with van der Waals surface area (Å²) in [5, 5.41) is 9.43. The molecule has 0 radical (unpaired) electrons. The number of pyridine rings is 1. The molecule has 0 spiro atoms. The fraction of sp³-hybridized carbons (Fsp3) is 0.393. The van der Waals surface area contributed by atoms with Gasteiger partial charge < -0.3 is 29.5 Å². The van der Waals surface area contributed by atoms with E-state index in [9.17, 15) is 14.4 Å². The SMILES string of the molecule is CC(C)(C)OC(=O)NC(COCc1ccccc1)C(=O)N1CCc2onc(C(=O)NCc3cccnc3)c2C1. The van der Waals surface area contributed by atoms with E-state index in [1.54, 1.807) is 44.1 Å². The zero-order valence-corrected chi connectivity index (χ0v) is 22.3. The van der Waals surface area contributed by atoms with Crippen LogP contribution in [0.4, 0.5) is 4.79 Å². The van der Waals surface area contributed by atoms with Gasteiger partial charge in [-0.3, -0.25) is 14.6 Å². The molecule has 0 fully saturated rings. The molecule has 1 aliphatic heterocycles. The van der Waals surface area contributed by atoms with E-state index in [2.05, 4.69) is 20.8 Å². The largest absolute Gasteiger partial charge is 0.444 e. The lowest BCUT2D eigenvalue weighted by atomic mass is 10.0. The Labute approximate surface area is 226 Å². The van der Waals surface area contributed by atoms with Crippen LogP contribution in [0.1, 0.15) is 53.7 Å². The molecule has 11 heteroatoms. The second-order valence-corrected chi connectivity index (χ2v) is 10.2. The Morgan fingerprint density at radius 3 is 2.59 bits per heavy atom. The van der Waals surface area contributed by atoms with Crippen LogP contribution in [-0.2, 0) is 40.4 Å². The molecule has 1 atom stereocenters. The predicted octanol–water partition coefficient (Wildman–Crippen LogP) is 2.99. The maximum absolute atomic E-state index is 13.6. The number of carbonyl (C=O) groups excluding carboxylic acids is 3. The number of rotatable bonds is 9. The first-order valence-electron chi connectivity index (χ1n) is 12.7. The number of ether oxygens (including phenoxy) is 2. The molecule has 4 rings (SSSR count). The van der Waals surface area contributed by atoms with Crippen LogP contribution in [0, 0.1) is 0 Å². The highest BCUT2D eigenvalue weighted by atomic mass is 16.6. The lowest BCUT2D eigenvalue weighted by Gasteiger charge is -2.30. The molecule has 0 saturated heterocycles. The summed E-state index contributed by atoms with van der Waals surface area (Å²) in [6.07, 6.45) is 2.98. The van der Waals surface area contributed by atoms with Gasteiger partial charge in [-0.25, -0.2) is 4.79 Å². The molecule has 0 aliphatic carbocycles. The third-order valence-corrected chi connectivity index (χ3v) is 5.92. The van der Waals surface area contributed by atoms with E-state index in [4.69, 9.17) is 14.0 Å². The molecule has 2 aromatic heterocycles. The summed E-state index contributed by atoms with van der Waals surface area (Å²) in [6.45, 7) is 6.17. The van der Waals surface area contributed by atoms with Crippen molar-refractivity contribution in [2.45, 2.75) is 58.5 Å². The Morgan fingerprint density at radius 2 is 1.87 bits per heavy atom. The smallest absolute Gasteiger partial charge is 0.408 e. The standard InChI is InChI=1S/C28H33N5O6/c1-28(2,3)38-27(36)31-22(18-37-17-19-8-5-4-6-9-19)26(35)33-13-11-23-21(16-33)24(32-39-23)25(34)30-15-20-10-7-12-29-14-20/h4-10,12,14,22H,11,13,15-18H2,1-3H3,(H,30,34)(H,31,36). The monoisotopic (exact) mass is 535 g/mol. The Morgan fingerprint density at radius 1 is 1.10 bits per heavy atom. The van der Waals surface area contributed by atoms with Crippen molar-refractivity contribution in [3.05, 3.63) is 83.0 Å². The molecule has 1 aliphatic rings. The van der Waals surface area contributed by atoms with Crippen molar-refractivity contribution in [1.29, 1.82) is 0 Å². The molecule has 39 heavy (non-hydrogen) atoms. The van der Waals surface area contributed by atoms with Gasteiger partial charge in [0.1, 0.15) is 17.4 Å². The van der Waals surface area contributed by atoms with Crippen molar-refractivity contribution >= 4 is 17.9 Å². The molecule has 206 valence electrons. The van der Waals surface area contributed by atoms with Crippen LogP contribution in [0.15, 0.2) is 59.4 Å². The minimum Gasteiger partial charge on any atom is -0.444 e. The number of nitrogens with zero attached hydrogens (tertiary/aromatic N) is 3. The Kier molecular flexibility index (Phi) is 8.92. The predicted molar refractivity (Wildman–Crippen MR) is 140 cm³/mol. The first kappa shape index (κ1) is 27.8. The highest BCUT2D eigenvalue weighted by Crippen LogP contribution is 2.23. The number of nitrogens with one attached hydrogen (secondary N) is 2. The minimum atomic E-state index is -0.993. The minimum absolute atomic E-state index is 0.0571. The van der Waals surface area contributed by atoms with Crippen molar-refractivity contribution < 1.29 is 28.4 Å².